The predicted octanol–water partition coefficient (Wildman–Crippen LogP) is 8.55. The number of hydrogen-bond acceptors (Lipinski definition) is 0. The summed E-state index contributed by atoms with van der Waals surface area (Å²) in [5.41, 5.74) is 0. The van der Waals surface area contributed by atoms with E-state index in [1.54, 1.807) is 0 Å². The minimum Gasteiger partial charge on any atom is -0.0654 e. The molecule has 23 heavy (non-hydrogen) atoms. The second-order valence-electron chi connectivity index (χ2n) is 8.67. The highest BCUT2D eigenvalue weighted by molar-refractivity contribution is 7.73. The van der Waals surface area contributed by atoms with Crippen molar-refractivity contribution in [2.75, 3.05) is 26.2 Å². The van der Waals surface area contributed by atoms with Gasteiger partial charge in [-0.2, -0.15) is 0 Å². The molecule has 0 spiro atoms. The Morgan fingerprint density at radius 3 is 0.913 bits per heavy atom. The molecule has 0 rings (SSSR count). The van der Waals surface area contributed by atoms with E-state index in [0.29, 0.717) is 0 Å². The van der Waals surface area contributed by atoms with E-state index in [2.05, 4.69) is 26.9 Å². The van der Waals surface area contributed by atoms with E-state index < -0.39 is 7.26 Å². The van der Waals surface area contributed by atoms with Gasteiger partial charge in [0.05, 0.1) is 6.16 Å². The molecule has 0 saturated carbocycles. The van der Waals surface area contributed by atoms with Gasteiger partial charge in [-0.25, -0.2) is 0 Å². The van der Waals surface area contributed by atoms with Gasteiger partial charge in [0.2, 0.25) is 0 Å². The monoisotopic (exact) mass is 343 g/mol. The number of unbranched alkanes of at least 4 members (excludes halogenated alkanes) is 16. The summed E-state index contributed by atoms with van der Waals surface area (Å²) in [5.74, 6) is 0. The molecule has 0 saturated heterocycles. The first-order valence-electron chi connectivity index (χ1n) is 10.9. The highest BCUT2D eigenvalue weighted by atomic mass is 31.2. The van der Waals surface area contributed by atoms with Crippen molar-refractivity contribution in [3.63, 3.8) is 0 Å². The minimum absolute atomic E-state index is 0.506. The third kappa shape index (κ3) is 22.4. The van der Waals surface area contributed by atoms with Crippen LogP contribution < -0.4 is 0 Å². The lowest BCUT2D eigenvalue weighted by Crippen LogP contribution is -1.92. The van der Waals surface area contributed by atoms with E-state index in [1.807, 2.05) is 0 Å². The molecule has 0 nitrogen and oxygen atoms in total. The molecule has 0 aromatic rings. The first-order chi connectivity index (χ1) is 11.1. The molecule has 0 heterocycles. The Labute approximate surface area is 149 Å². The first-order valence-corrected chi connectivity index (χ1v) is 14.2. The van der Waals surface area contributed by atoms with Crippen LogP contribution in [0.5, 0.6) is 0 Å². The molecule has 140 valence electrons. The topological polar surface area (TPSA) is 0 Å². The Morgan fingerprint density at radius 2 is 0.652 bits per heavy atom. The summed E-state index contributed by atoms with van der Waals surface area (Å²) in [6.07, 6.45) is 26.6. The van der Waals surface area contributed by atoms with Gasteiger partial charge >= 0.3 is 0 Å². The van der Waals surface area contributed by atoms with Crippen LogP contribution in [-0.2, 0) is 0 Å². The normalized spacial score (nSPS) is 12.0. The SMILES string of the molecule is CCCCCCCCCCCCCCCCCCC[P+](C)(C)C. The average Bonchev–Trinajstić information content (AvgIpc) is 2.49. The first kappa shape index (κ1) is 23.4. The van der Waals surface area contributed by atoms with Crippen LogP contribution in [0.3, 0.4) is 0 Å². The van der Waals surface area contributed by atoms with E-state index in [4.69, 9.17) is 0 Å². The smallest absolute Gasteiger partial charge is 0.0586 e. The van der Waals surface area contributed by atoms with E-state index in [1.165, 1.54) is 115 Å². The quantitative estimate of drug-likeness (QED) is 0.173. The minimum atomic E-state index is -0.506. The summed E-state index contributed by atoms with van der Waals surface area (Å²) >= 11 is 0. The maximum Gasteiger partial charge on any atom is 0.0586 e. The molecule has 0 aromatic heterocycles. The molecule has 0 unspecified atom stereocenters. The third-order valence-electron chi connectivity index (χ3n) is 4.93. The van der Waals surface area contributed by atoms with Crippen LogP contribution in [0.2, 0.25) is 0 Å². The lowest BCUT2D eigenvalue weighted by atomic mass is 10.0. The molecule has 0 N–H and O–H groups in total. The second-order valence-corrected chi connectivity index (χ2v) is 13.7. The molecule has 0 bridgehead atoms. The highest BCUT2D eigenvalue weighted by Gasteiger charge is 2.15. The van der Waals surface area contributed by atoms with Gasteiger partial charge in [-0.1, -0.05) is 103 Å². The Bertz CT molecular complexity index is 217. The van der Waals surface area contributed by atoms with Crippen LogP contribution in [0, 0.1) is 0 Å². The average molecular weight is 344 g/mol. The van der Waals surface area contributed by atoms with Crippen LogP contribution >= 0.6 is 7.26 Å². The van der Waals surface area contributed by atoms with E-state index in [-0.39, 0.29) is 0 Å². The Hall–Kier alpha value is 0.430. The zero-order valence-electron chi connectivity index (χ0n) is 17.2. The third-order valence-corrected chi connectivity index (χ3v) is 6.59. The van der Waals surface area contributed by atoms with Gasteiger partial charge in [0.1, 0.15) is 0 Å². The van der Waals surface area contributed by atoms with Crippen molar-refractivity contribution in [1.82, 2.24) is 0 Å². The fraction of sp³-hybridized carbons (Fsp3) is 1.00. The summed E-state index contributed by atoms with van der Waals surface area (Å²) < 4.78 is 0. The summed E-state index contributed by atoms with van der Waals surface area (Å²) in [6, 6.07) is 0. The van der Waals surface area contributed by atoms with Gasteiger partial charge in [0.25, 0.3) is 0 Å². The molecular formula is C22H48P+. The summed E-state index contributed by atoms with van der Waals surface area (Å²) in [6.45, 7) is 9.71. The van der Waals surface area contributed by atoms with Crippen LogP contribution in [0.1, 0.15) is 116 Å². The largest absolute Gasteiger partial charge is 0.0654 e. The van der Waals surface area contributed by atoms with Crippen LogP contribution in [-0.4, -0.2) is 26.2 Å². The molecule has 0 aromatic carbocycles. The second kappa shape index (κ2) is 17.3. The van der Waals surface area contributed by atoms with Crippen molar-refractivity contribution in [2.45, 2.75) is 116 Å². The van der Waals surface area contributed by atoms with Gasteiger partial charge in [-0.3, -0.25) is 0 Å². The molecular weight excluding hydrogens is 295 g/mol. The van der Waals surface area contributed by atoms with Gasteiger partial charge in [0.15, 0.2) is 0 Å². The molecule has 0 aliphatic carbocycles. The Kier molecular flexibility index (Phi) is 17.6. The van der Waals surface area contributed by atoms with E-state index in [0.717, 1.165) is 0 Å². The van der Waals surface area contributed by atoms with Crippen molar-refractivity contribution < 1.29 is 0 Å². The summed E-state index contributed by atoms with van der Waals surface area (Å²) in [4.78, 5) is 0. The lowest BCUT2D eigenvalue weighted by Gasteiger charge is -2.10. The molecule has 1 heteroatoms. The zero-order chi connectivity index (χ0) is 17.2. The maximum absolute atomic E-state index is 2.47. The van der Waals surface area contributed by atoms with Crippen molar-refractivity contribution >= 4 is 7.26 Å². The fourth-order valence-electron chi connectivity index (χ4n) is 3.31. The zero-order valence-corrected chi connectivity index (χ0v) is 18.1. The number of rotatable bonds is 18. The summed E-state index contributed by atoms with van der Waals surface area (Å²) in [5, 5.41) is 0. The van der Waals surface area contributed by atoms with Crippen LogP contribution in [0.4, 0.5) is 0 Å². The molecule has 0 fully saturated rings. The van der Waals surface area contributed by atoms with Gasteiger partial charge < -0.3 is 0 Å². The predicted molar refractivity (Wildman–Crippen MR) is 114 cm³/mol. The van der Waals surface area contributed by atoms with E-state index >= 15 is 0 Å². The van der Waals surface area contributed by atoms with Crippen LogP contribution in [0.15, 0.2) is 0 Å². The van der Waals surface area contributed by atoms with Gasteiger partial charge in [0, 0.05) is 27.3 Å². The fourth-order valence-corrected chi connectivity index (χ4v) is 4.48. The van der Waals surface area contributed by atoms with Crippen molar-refractivity contribution in [3.8, 4) is 0 Å². The van der Waals surface area contributed by atoms with Crippen molar-refractivity contribution in [1.29, 1.82) is 0 Å². The van der Waals surface area contributed by atoms with Crippen molar-refractivity contribution in [2.24, 2.45) is 0 Å². The Morgan fingerprint density at radius 1 is 0.391 bits per heavy atom. The van der Waals surface area contributed by atoms with Gasteiger partial charge in [-0.05, 0) is 12.8 Å². The maximum atomic E-state index is 2.47. The van der Waals surface area contributed by atoms with Crippen molar-refractivity contribution in [3.05, 3.63) is 0 Å². The molecule has 0 amide bonds. The summed E-state index contributed by atoms with van der Waals surface area (Å²) in [7, 11) is -0.506. The molecule has 0 aliphatic rings. The van der Waals surface area contributed by atoms with Crippen LogP contribution in [0.25, 0.3) is 0 Å². The standard InChI is InChI=1S/C22H48P/c1-5-6-7-8-9-10-11-12-13-14-15-16-17-18-19-20-21-22-23(2,3)4/h5-22H2,1-4H3/q+1. The highest BCUT2D eigenvalue weighted by Crippen LogP contribution is 2.47. The molecule has 0 aliphatic heterocycles. The molecule has 0 atom stereocenters. The number of hydrogen-bond donors (Lipinski definition) is 0. The van der Waals surface area contributed by atoms with E-state index in [9.17, 15) is 0 Å². The lowest BCUT2D eigenvalue weighted by molar-refractivity contribution is 0.529. The van der Waals surface area contributed by atoms with Gasteiger partial charge in [-0.15, -0.1) is 0 Å². The Balaban J connectivity index is 3.00. The molecule has 0 radical (unpaired) electrons.